The minimum Gasteiger partial charge on any atom is -0.379 e. The number of carbonyl (C=O) groups excluding carboxylic acids is 1. The summed E-state index contributed by atoms with van der Waals surface area (Å²) in [6, 6.07) is 0. The van der Waals surface area contributed by atoms with Crippen LogP contribution in [0, 0.1) is 0 Å². The molecule has 2 rings (SSSR count). The minimum absolute atomic E-state index is 0.0109. The summed E-state index contributed by atoms with van der Waals surface area (Å²) in [7, 11) is 0. The van der Waals surface area contributed by atoms with E-state index in [9.17, 15) is 4.79 Å². The number of carbonyl (C=O) groups is 1. The van der Waals surface area contributed by atoms with E-state index in [1.165, 1.54) is 6.92 Å². The number of amides is 1. The number of rotatable bonds is 10. The first-order valence-corrected chi connectivity index (χ1v) is 9.18. The van der Waals surface area contributed by atoms with Gasteiger partial charge in [0.25, 0.3) is 0 Å². The molecule has 0 fully saturated rings. The molecule has 0 saturated heterocycles. The molecule has 0 bridgehead atoms. The number of aromatic nitrogens is 4. The van der Waals surface area contributed by atoms with Gasteiger partial charge in [0.05, 0.1) is 25.1 Å². The van der Waals surface area contributed by atoms with Gasteiger partial charge in [0.1, 0.15) is 12.2 Å². The van der Waals surface area contributed by atoms with Crippen LogP contribution in [-0.4, -0.2) is 50.5 Å². The summed E-state index contributed by atoms with van der Waals surface area (Å²) < 4.78 is 18.9. The van der Waals surface area contributed by atoms with Crippen LogP contribution < -0.4 is 5.32 Å². The van der Waals surface area contributed by atoms with Crippen molar-refractivity contribution in [2.45, 2.75) is 66.3 Å². The zero-order chi connectivity index (χ0) is 20.0. The number of hydrogen-bond donors (Lipinski definition) is 1. The second kappa shape index (κ2) is 9.93. The molecule has 9 nitrogen and oxygen atoms in total. The predicted molar refractivity (Wildman–Crippen MR) is 101 cm³/mol. The highest BCUT2D eigenvalue weighted by molar-refractivity contribution is 6.33. The van der Waals surface area contributed by atoms with Crippen molar-refractivity contribution in [2.75, 3.05) is 11.9 Å². The lowest BCUT2D eigenvalue weighted by atomic mass is 10.4. The van der Waals surface area contributed by atoms with Crippen LogP contribution in [0.15, 0.2) is 6.33 Å². The van der Waals surface area contributed by atoms with Gasteiger partial charge in [0, 0.05) is 13.3 Å². The molecular formula is C17H26ClN5O4. The van der Waals surface area contributed by atoms with Gasteiger partial charge in [0.2, 0.25) is 11.9 Å². The highest BCUT2D eigenvalue weighted by Gasteiger charge is 2.16. The molecule has 27 heavy (non-hydrogen) atoms. The first kappa shape index (κ1) is 21.5. The van der Waals surface area contributed by atoms with Gasteiger partial charge < -0.3 is 14.2 Å². The first-order chi connectivity index (χ1) is 12.8. The van der Waals surface area contributed by atoms with E-state index in [0.717, 1.165) is 0 Å². The molecule has 1 amide bonds. The van der Waals surface area contributed by atoms with Crippen molar-refractivity contribution in [1.82, 2.24) is 19.5 Å². The van der Waals surface area contributed by atoms with Crippen LogP contribution in [0.1, 0.15) is 41.0 Å². The SMILES string of the molecule is CC(=O)Nc1nc(Cl)c2ncn(COC(CCOC(C)C)OC(C)C)c2n1. The molecular weight excluding hydrogens is 374 g/mol. The number of imidazole rings is 1. The number of nitrogens with zero attached hydrogens (tertiary/aromatic N) is 4. The minimum atomic E-state index is -0.437. The highest BCUT2D eigenvalue weighted by Crippen LogP contribution is 2.21. The lowest BCUT2D eigenvalue weighted by molar-refractivity contribution is -0.189. The van der Waals surface area contributed by atoms with Gasteiger partial charge in [-0.1, -0.05) is 11.6 Å². The largest absolute Gasteiger partial charge is 0.379 e. The van der Waals surface area contributed by atoms with Gasteiger partial charge in [-0.15, -0.1) is 0 Å². The van der Waals surface area contributed by atoms with Crippen molar-refractivity contribution in [2.24, 2.45) is 0 Å². The fourth-order valence-electron chi connectivity index (χ4n) is 2.28. The van der Waals surface area contributed by atoms with Crippen molar-refractivity contribution >= 4 is 34.6 Å². The zero-order valence-corrected chi connectivity index (χ0v) is 17.0. The summed E-state index contributed by atoms with van der Waals surface area (Å²) >= 11 is 6.13. The smallest absolute Gasteiger partial charge is 0.232 e. The van der Waals surface area contributed by atoms with Crippen molar-refractivity contribution in [1.29, 1.82) is 0 Å². The molecule has 0 radical (unpaired) electrons. The lowest BCUT2D eigenvalue weighted by Crippen LogP contribution is -2.25. The maximum absolute atomic E-state index is 11.2. The summed E-state index contributed by atoms with van der Waals surface area (Å²) in [6.45, 7) is 9.90. The quantitative estimate of drug-likeness (QED) is 0.484. The van der Waals surface area contributed by atoms with E-state index >= 15 is 0 Å². The Morgan fingerprint density at radius 2 is 1.96 bits per heavy atom. The Hall–Kier alpha value is -1.81. The molecule has 0 aliphatic rings. The van der Waals surface area contributed by atoms with Crippen LogP contribution in [0.5, 0.6) is 0 Å². The fourth-order valence-corrected chi connectivity index (χ4v) is 2.49. The Morgan fingerprint density at radius 1 is 1.22 bits per heavy atom. The van der Waals surface area contributed by atoms with Crippen LogP contribution in [0.2, 0.25) is 5.15 Å². The van der Waals surface area contributed by atoms with Crippen LogP contribution in [0.25, 0.3) is 11.2 Å². The maximum Gasteiger partial charge on any atom is 0.232 e. The normalized spacial score (nSPS) is 12.9. The monoisotopic (exact) mass is 399 g/mol. The van der Waals surface area contributed by atoms with Gasteiger partial charge in [-0.25, -0.2) is 4.98 Å². The van der Waals surface area contributed by atoms with E-state index in [1.54, 1.807) is 10.9 Å². The Labute approximate surface area is 163 Å². The molecule has 0 aliphatic carbocycles. The topological polar surface area (TPSA) is 100 Å². The Morgan fingerprint density at radius 3 is 2.59 bits per heavy atom. The molecule has 10 heteroatoms. The van der Waals surface area contributed by atoms with Gasteiger partial charge in [0.15, 0.2) is 17.1 Å². The number of nitrogens with one attached hydrogen (secondary N) is 1. The fraction of sp³-hybridized carbons (Fsp3) is 0.647. The molecule has 0 saturated carbocycles. The Balaban J connectivity index is 2.10. The molecule has 150 valence electrons. The third kappa shape index (κ3) is 6.69. The molecule has 1 atom stereocenters. The summed E-state index contributed by atoms with van der Waals surface area (Å²) in [5.74, 6) is -0.176. The predicted octanol–water partition coefficient (Wildman–Crippen LogP) is 2.98. The molecule has 1 N–H and O–H groups in total. The van der Waals surface area contributed by atoms with E-state index in [1.807, 2.05) is 27.7 Å². The molecule has 2 aromatic heterocycles. The van der Waals surface area contributed by atoms with Crippen molar-refractivity contribution in [3.8, 4) is 0 Å². The summed E-state index contributed by atoms with van der Waals surface area (Å²) in [4.78, 5) is 23.7. The first-order valence-electron chi connectivity index (χ1n) is 8.81. The molecule has 1 unspecified atom stereocenters. The number of fused-ring (bicyclic) bond motifs is 1. The average molecular weight is 400 g/mol. The standard InChI is InChI=1S/C17H26ClN5O4/c1-10(2)25-7-6-13(27-11(3)4)26-9-23-8-19-14-15(18)21-17(20-12(5)24)22-16(14)23/h8,10-11,13H,6-7,9H2,1-5H3,(H,20,21,22,24). The van der Waals surface area contributed by atoms with E-state index < -0.39 is 6.29 Å². The van der Waals surface area contributed by atoms with Crippen LogP contribution in [-0.2, 0) is 25.7 Å². The van der Waals surface area contributed by atoms with Crippen molar-refractivity contribution in [3.63, 3.8) is 0 Å². The van der Waals surface area contributed by atoms with E-state index in [2.05, 4.69) is 20.3 Å². The molecule has 2 heterocycles. The van der Waals surface area contributed by atoms with Crippen LogP contribution >= 0.6 is 11.6 Å². The third-order valence-corrected chi connectivity index (χ3v) is 3.60. The summed E-state index contributed by atoms with van der Waals surface area (Å²) in [5, 5.41) is 2.67. The maximum atomic E-state index is 11.2. The number of halogens is 1. The molecule has 0 aromatic carbocycles. The van der Waals surface area contributed by atoms with E-state index in [0.29, 0.717) is 24.2 Å². The summed E-state index contributed by atoms with van der Waals surface area (Å²) in [5.41, 5.74) is 0.888. The van der Waals surface area contributed by atoms with Gasteiger partial charge in [-0.05, 0) is 27.7 Å². The number of ether oxygens (including phenoxy) is 3. The van der Waals surface area contributed by atoms with Gasteiger partial charge in [-0.2, -0.15) is 9.97 Å². The van der Waals surface area contributed by atoms with E-state index in [4.69, 9.17) is 25.8 Å². The summed E-state index contributed by atoms with van der Waals surface area (Å²) in [6.07, 6.45) is 1.87. The second-order valence-electron chi connectivity index (χ2n) is 6.52. The Kier molecular flexibility index (Phi) is 7.91. The zero-order valence-electron chi connectivity index (χ0n) is 16.2. The average Bonchev–Trinajstić information content (AvgIpc) is 2.94. The third-order valence-electron chi connectivity index (χ3n) is 3.34. The number of anilines is 1. The highest BCUT2D eigenvalue weighted by atomic mass is 35.5. The second-order valence-corrected chi connectivity index (χ2v) is 6.88. The van der Waals surface area contributed by atoms with Crippen LogP contribution in [0.3, 0.4) is 0 Å². The lowest BCUT2D eigenvalue weighted by Gasteiger charge is -2.21. The van der Waals surface area contributed by atoms with Crippen molar-refractivity contribution in [3.05, 3.63) is 11.5 Å². The van der Waals surface area contributed by atoms with Gasteiger partial charge >= 0.3 is 0 Å². The molecule has 2 aromatic rings. The van der Waals surface area contributed by atoms with E-state index in [-0.39, 0.29) is 35.9 Å². The van der Waals surface area contributed by atoms with Crippen molar-refractivity contribution < 1.29 is 19.0 Å². The molecule has 0 spiro atoms. The number of hydrogen-bond acceptors (Lipinski definition) is 7. The molecule has 0 aliphatic heterocycles. The van der Waals surface area contributed by atoms with Crippen LogP contribution in [0.4, 0.5) is 5.95 Å². The Bertz CT molecular complexity index is 765. The van der Waals surface area contributed by atoms with Gasteiger partial charge in [-0.3, -0.25) is 14.7 Å².